The van der Waals surface area contributed by atoms with Crippen LogP contribution < -0.4 is 0 Å². The average Bonchev–Trinajstić information content (AvgIpc) is 3.70. The average molecular weight is 565 g/mol. The number of hydrogen-bond donors (Lipinski definition) is 0. The largest absolute Gasteiger partial charge is 0.462 e. The van der Waals surface area contributed by atoms with Gasteiger partial charge in [0.2, 0.25) is 0 Å². The van der Waals surface area contributed by atoms with Crippen molar-refractivity contribution in [2.75, 3.05) is 0 Å². The molecule has 4 nitrogen and oxygen atoms in total. The number of ether oxygens (including phenoxy) is 2. The number of esters is 2. The normalized spacial score (nSPS) is 41.4. The lowest BCUT2D eigenvalue weighted by atomic mass is 9.74. The van der Waals surface area contributed by atoms with Gasteiger partial charge in [-0.05, 0) is 130 Å². The van der Waals surface area contributed by atoms with Gasteiger partial charge in [0.15, 0.2) is 0 Å². The lowest BCUT2D eigenvalue weighted by molar-refractivity contribution is -0.168. The van der Waals surface area contributed by atoms with Crippen molar-refractivity contribution in [3.05, 3.63) is 0 Å². The van der Waals surface area contributed by atoms with E-state index < -0.39 is 0 Å². The number of carbonyl (C=O) groups excluding carboxylic acids is 2. The van der Waals surface area contributed by atoms with Gasteiger partial charge >= 0.3 is 11.9 Å². The van der Waals surface area contributed by atoms with E-state index in [0.717, 1.165) is 80.0 Å². The van der Waals surface area contributed by atoms with Gasteiger partial charge < -0.3 is 9.47 Å². The standard InChI is InChI=1S/C17H28O2.C15H24O2.4CH4/c1-4-17(7-5-6-8-17)19-16(18)15-10-13-9-14(15)12(3)11(13)2;1-9-10(2)14-8-12(9)7-11(14)3-4-13-5-6-15(16)17-13;;;;/h11-15H,4-10H2,1-3H3;9-14H,3-8H2,1-2H3;4*1H4. The van der Waals surface area contributed by atoms with Crippen molar-refractivity contribution < 1.29 is 19.1 Å². The van der Waals surface area contributed by atoms with Gasteiger partial charge in [-0.3, -0.25) is 9.59 Å². The first-order valence-corrected chi connectivity index (χ1v) is 15.6. The molecule has 0 amide bonds. The molecule has 0 aromatic carbocycles. The number of fused-ring (bicyclic) bond motifs is 4. The Morgan fingerprint density at radius 2 is 1.40 bits per heavy atom. The molecule has 6 rings (SSSR count). The van der Waals surface area contributed by atoms with E-state index in [9.17, 15) is 9.59 Å². The SMILES string of the molecule is C.C.C.C.CC1C2CC(CCC3CCC(=O)O3)C(C2)C1C.CCC1(OC(=O)C2CC3CC2C(C)C3C)CCCC1. The van der Waals surface area contributed by atoms with Crippen molar-refractivity contribution in [2.45, 2.75) is 160 Å². The Labute approximate surface area is 249 Å². The molecule has 0 N–H and O–H groups in total. The van der Waals surface area contributed by atoms with Crippen LogP contribution in [0.5, 0.6) is 0 Å². The van der Waals surface area contributed by atoms with Gasteiger partial charge in [0.05, 0.1) is 5.92 Å². The summed E-state index contributed by atoms with van der Waals surface area (Å²) in [7, 11) is 0. The molecule has 0 spiro atoms. The lowest BCUT2D eigenvalue weighted by Crippen LogP contribution is -2.37. The minimum absolute atomic E-state index is 0. The summed E-state index contributed by atoms with van der Waals surface area (Å²) in [6.07, 6.45) is 15.1. The van der Waals surface area contributed by atoms with Gasteiger partial charge in [0.1, 0.15) is 11.7 Å². The van der Waals surface area contributed by atoms with Crippen LogP contribution in [0.3, 0.4) is 0 Å². The molecule has 5 aliphatic carbocycles. The van der Waals surface area contributed by atoms with Crippen LogP contribution in [0.25, 0.3) is 0 Å². The fourth-order valence-electron chi connectivity index (χ4n) is 9.66. The Morgan fingerprint density at radius 1 is 0.825 bits per heavy atom. The first kappa shape index (κ1) is 37.0. The second kappa shape index (κ2) is 14.9. The second-order valence-corrected chi connectivity index (χ2v) is 14.0. The summed E-state index contributed by atoms with van der Waals surface area (Å²) in [5, 5.41) is 0. The zero-order chi connectivity index (χ0) is 25.6. The van der Waals surface area contributed by atoms with Crippen molar-refractivity contribution in [3.8, 4) is 0 Å². The van der Waals surface area contributed by atoms with Crippen LogP contribution in [-0.2, 0) is 19.1 Å². The molecule has 4 bridgehead atoms. The van der Waals surface area contributed by atoms with Crippen LogP contribution in [0, 0.1) is 59.2 Å². The monoisotopic (exact) mass is 565 g/mol. The van der Waals surface area contributed by atoms with Crippen molar-refractivity contribution >= 4 is 11.9 Å². The third kappa shape index (κ3) is 7.11. The predicted octanol–water partition coefficient (Wildman–Crippen LogP) is 10.1. The maximum atomic E-state index is 12.6. The maximum Gasteiger partial charge on any atom is 0.309 e. The number of cyclic esters (lactones) is 1. The number of rotatable bonds is 6. The lowest BCUT2D eigenvalue weighted by Gasteiger charge is -2.34. The first-order valence-electron chi connectivity index (χ1n) is 15.6. The molecule has 11 unspecified atom stereocenters. The topological polar surface area (TPSA) is 52.6 Å². The summed E-state index contributed by atoms with van der Waals surface area (Å²) >= 11 is 0. The summed E-state index contributed by atoms with van der Waals surface area (Å²) < 4.78 is 11.3. The highest BCUT2D eigenvalue weighted by Gasteiger charge is 2.53. The van der Waals surface area contributed by atoms with E-state index in [-0.39, 0.29) is 59.3 Å². The third-order valence-corrected chi connectivity index (χ3v) is 12.5. The summed E-state index contributed by atoms with van der Waals surface area (Å²) in [5.41, 5.74) is -0.103. The fourth-order valence-corrected chi connectivity index (χ4v) is 9.66. The van der Waals surface area contributed by atoms with Crippen LogP contribution >= 0.6 is 0 Å². The Hall–Kier alpha value is -1.06. The van der Waals surface area contributed by atoms with Crippen molar-refractivity contribution in [1.82, 2.24) is 0 Å². The highest BCUT2D eigenvalue weighted by atomic mass is 16.6. The Kier molecular flexibility index (Phi) is 13.8. The van der Waals surface area contributed by atoms with Gasteiger partial charge in [-0.1, -0.05) is 64.3 Å². The van der Waals surface area contributed by atoms with Gasteiger partial charge in [-0.15, -0.1) is 0 Å². The van der Waals surface area contributed by atoms with Crippen LogP contribution in [0.4, 0.5) is 0 Å². The van der Waals surface area contributed by atoms with Crippen LogP contribution in [0.15, 0.2) is 0 Å². The molecule has 4 heteroatoms. The minimum Gasteiger partial charge on any atom is -0.462 e. The Morgan fingerprint density at radius 3 is 1.88 bits per heavy atom. The van der Waals surface area contributed by atoms with E-state index in [1.54, 1.807) is 0 Å². The van der Waals surface area contributed by atoms with Crippen molar-refractivity contribution in [3.63, 3.8) is 0 Å². The highest BCUT2D eigenvalue weighted by molar-refractivity contribution is 5.74. The highest BCUT2D eigenvalue weighted by Crippen LogP contribution is 2.57. The maximum absolute atomic E-state index is 12.6. The molecule has 0 aromatic heterocycles. The van der Waals surface area contributed by atoms with Gasteiger partial charge in [0, 0.05) is 6.42 Å². The van der Waals surface area contributed by atoms with Crippen molar-refractivity contribution in [1.29, 1.82) is 0 Å². The van der Waals surface area contributed by atoms with Crippen LogP contribution in [0.2, 0.25) is 0 Å². The predicted molar refractivity (Wildman–Crippen MR) is 169 cm³/mol. The van der Waals surface area contributed by atoms with E-state index in [4.69, 9.17) is 9.47 Å². The minimum atomic E-state index is -0.103. The Bertz CT molecular complexity index is 797. The molecule has 236 valence electrons. The second-order valence-electron chi connectivity index (χ2n) is 14.0. The quantitative estimate of drug-likeness (QED) is 0.301. The van der Waals surface area contributed by atoms with Gasteiger partial charge in [-0.2, -0.15) is 0 Å². The molecule has 1 saturated heterocycles. The molecular weight excluding hydrogens is 496 g/mol. The van der Waals surface area contributed by atoms with E-state index >= 15 is 0 Å². The number of carbonyl (C=O) groups is 2. The summed E-state index contributed by atoms with van der Waals surface area (Å²) in [5.74, 6) is 7.99. The number of hydrogen-bond acceptors (Lipinski definition) is 4. The zero-order valence-corrected chi connectivity index (χ0v) is 23.7. The first-order chi connectivity index (χ1) is 17.2. The smallest absolute Gasteiger partial charge is 0.309 e. The summed E-state index contributed by atoms with van der Waals surface area (Å²) in [6.45, 7) is 11.7. The summed E-state index contributed by atoms with van der Waals surface area (Å²) in [6, 6.07) is 0. The fraction of sp³-hybridized carbons (Fsp3) is 0.944. The molecule has 0 radical (unpaired) electrons. The molecule has 5 saturated carbocycles. The van der Waals surface area contributed by atoms with Crippen LogP contribution in [0.1, 0.15) is 148 Å². The molecule has 6 fully saturated rings. The Balaban J connectivity index is 0.000000365. The zero-order valence-electron chi connectivity index (χ0n) is 23.7. The van der Waals surface area contributed by atoms with Crippen LogP contribution in [-0.4, -0.2) is 23.6 Å². The van der Waals surface area contributed by atoms with Gasteiger partial charge in [0.25, 0.3) is 0 Å². The molecule has 40 heavy (non-hydrogen) atoms. The van der Waals surface area contributed by atoms with E-state index in [1.165, 1.54) is 38.5 Å². The molecule has 6 aliphatic rings. The van der Waals surface area contributed by atoms with Gasteiger partial charge in [-0.25, -0.2) is 0 Å². The molecule has 11 atom stereocenters. The van der Waals surface area contributed by atoms with Crippen molar-refractivity contribution in [2.24, 2.45) is 59.2 Å². The van der Waals surface area contributed by atoms with E-state index in [0.29, 0.717) is 18.3 Å². The van der Waals surface area contributed by atoms with E-state index in [2.05, 4.69) is 34.6 Å². The third-order valence-electron chi connectivity index (χ3n) is 12.5. The molecule has 0 aromatic rings. The van der Waals surface area contributed by atoms with E-state index in [1.807, 2.05) is 0 Å². The molecular formula is C36H68O4. The molecule has 1 aliphatic heterocycles. The summed E-state index contributed by atoms with van der Waals surface area (Å²) in [4.78, 5) is 23.6. The molecule has 1 heterocycles.